The van der Waals surface area contributed by atoms with Crippen LogP contribution in [0.15, 0.2) is 35.4 Å². The number of hydrogen-bond donors (Lipinski definition) is 0. The number of rotatable bonds is 2. The Hall–Kier alpha value is -2.00. The monoisotopic (exact) mass is 202 g/mol. The first-order chi connectivity index (χ1) is 7.33. The minimum Gasteiger partial charge on any atom is -0.312 e. The van der Waals surface area contributed by atoms with Crippen LogP contribution in [0.4, 0.5) is 5.69 Å². The largest absolute Gasteiger partial charge is 0.312 e. The molecular formula is C10H10N4O. The third kappa shape index (κ3) is 1.78. The fraction of sp³-hybridized carbons (Fsp3) is 0.300. The minimum absolute atomic E-state index is 0.112. The lowest BCUT2D eigenvalue weighted by atomic mass is 10.3. The Morgan fingerprint density at radius 3 is 2.80 bits per heavy atom. The van der Waals surface area contributed by atoms with Crippen molar-refractivity contribution in [2.75, 3.05) is 11.4 Å². The van der Waals surface area contributed by atoms with E-state index in [1.54, 1.807) is 4.90 Å². The van der Waals surface area contributed by atoms with Gasteiger partial charge >= 0.3 is 0 Å². The summed E-state index contributed by atoms with van der Waals surface area (Å²) in [7, 11) is 0. The van der Waals surface area contributed by atoms with Gasteiger partial charge in [-0.3, -0.25) is 4.79 Å². The third-order valence-corrected chi connectivity index (χ3v) is 2.44. The molecule has 1 aliphatic heterocycles. The maximum absolute atomic E-state index is 11.8. The topological polar surface area (TPSA) is 69.1 Å². The first kappa shape index (κ1) is 9.55. The van der Waals surface area contributed by atoms with Gasteiger partial charge in [0, 0.05) is 17.1 Å². The van der Waals surface area contributed by atoms with Crippen molar-refractivity contribution < 1.29 is 4.79 Å². The fourth-order valence-electron chi connectivity index (χ4n) is 1.70. The minimum atomic E-state index is -0.532. The molecule has 76 valence electrons. The number of benzene rings is 1. The highest BCUT2D eigenvalue weighted by Gasteiger charge is 2.31. The third-order valence-electron chi connectivity index (χ3n) is 2.44. The van der Waals surface area contributed by atoms with E-state index in [0.717, 1.165) is 5.69 Å². The SMILES string of the molecule is [N-]=[N+]=NC1CCN(c2ccccc2)C1=O. The van der Waals surface area contributed by atoms with Gasteiger partial charge in [0.15, 0.2) is 0 Å². The maximum Gasteiger partial charge on any atom is 0.236 e. The predicted molar refractivity (Wildman–Crippen MR) is 56.3 cm³/mol. The van der Waals surface area contributed by atoms with Crippen molar-refractivity contribution in [3.05, 3.63) is 40.8 Å². The molecule has 1 unspecified atom stereocenters. The van der Waals surface area contributed by atoms with E-state index in [4.69, 9.17) is 5.53 Å². The molecule has 1 aliphatic rings. The highest BCUT2D eigenvalue weighted by atomic mass is 16.2. The molecule has 1 fully saturated rings. The van der Waals surface area contributed by atoms with Crippen LogP contribution >= 0.6 is 0 Å². The van der Waals surface area contributed by atoms with E-state index >= 15 is 0 Å². The molecule has 5 nitrogen and oxygen atoms in total. The molecule has 0 aliphatic carbocycles. The molecule has 5 heteroatoms. The summed E-state index contributed by atoms with van der Waals surface area (Å²) in [5.41, 5.74) is 9.15. The van der Waals surface area contributed by atoms with Gasteiger partial charge in [-0.15, -0.1) is 0 Å². The van der Waals surface area contributed by atoms with E-state index in [9.17, 15) is 4.79 Å². The lowest BCUT2D eigenvalue weighted by molar-refractivity contribution is -0.118. The first-order valence-electron chi connectivity index (χ1n) is 4.73. The van der Waals surface area contributed by atoms with E-state index in [0.29, 0.717) is 13.0 Å². The molecule has 1 saturated heterocycles. The Bertz CT molecular complexity index is 411. The van der Waals surface area contributed by atoms with Crippen LogP contribution in [0, 0.1) is 0 Å². The number of azide groups is 1. The zero-order valence-corrected chi connectivity index (χ0v) is 8.08. The molecule has 1 aromatic carbocycles. The summed E-state index contributed by atoms with van der Waals surface area (Å²) in [6.07, 6.45) is 0.595. The van der Waals surface area contributed by atoms with Crippen LogP contribution < -0.4 is 4.90 Å². The first-order valence-corrected chi connectivity index (χ1v) is 4.73. The van der Waals surface area contributed by atoms with E-state index in [-0.39, 0.29) is 5.91 Å². The summed E-state index contributed by atoms with van der Waals surface area (Å²) in [5, 5.41) is 3.47. The zero-order valence-electron chi connectivity index (χ0n) is 8.08. The number of amides is 1. The number of hydrogen-bond acceptors (Lipinski definition) is 2. The van der Waals surface area contributed by atoms with Crippen molar-refractivity contribution >= 4 is 11.6 Å². The lowest BCUT2D eigenvalue weighted by Crippen LogP contribution is -2.28. The van der Waals surface area contributed by atoms with E-state index in [1.165, 1.54) is 0 Å². The van der Waals surface area contributed by atoms with Gasteiger partial charge in [-0.1, -0.05) is 23.3 Å². The second-order valence-corrected chi connectivity index (χ2v) is 3.33. The standard InChI is InChI=1S/C10H10N4O/c11-13-12-9-6-7-14(10(9)15)8-4-2-1-3-5-8/h1-5,9H,6-7H2. The Morgan fingerprint density at radius 1 is 1.40 bits per heavy atom. The molecule has 0 bridgehead atoms. The summed E-state index contributed by atoms with van der Waals surface area (Å²) in [4.78, 5) is 16.1. The van der Waals surface area contributed by atoms with Gasteiger partial charge < -0.3 is 4.90 Å². The van der Waals surface area contributed by atoms with Crippen LogP contribution in [-0.4, -0.2) is 18.5 Å². The number of carbonyl (C=O) groups is 1. The summed E-state index contributed by atoms with van der Waals surface area (Å²) < 4.78 is 0. The fourth-order valence-corrected chi connectivity index (χ4v) is 1.70. The van der Waals surface area contributed by atoms with Gasteiger partial charge in [0.2, 0.25) is 5.91 Å². The second kappa shape index (κ2) is 4.02. The van der Waals surface area contributed by atoms with E-state index in [2.05, 4.69) is 10.0 Å². The Balaban J connectivity index is 2.21. The van der Waals surface area contributed by atoms with Gasteiger partial charge in [0.25, 0.3) is 0 Å². The molecule has 1 atom stereocenters. The molecule has 0 aromatic heterocycles. The molecule has 2 rings (SSSR count). The molecule has 1 amide bonds. The molecule has 1 heterocycles. The Labute approximate surface area is 86.9 Å². The summed E-state index contributed by atoms with van der Waals surface area (Å²) in [6, 6.07) is 8.87. The molecule has 15 heavy (non-hydrogen) atoms. The lowest BCUT2D eigenvalue weighted by Gasteiger charge is -2.15. The van der Waals surface area contributed by atoms with Crippen LogP contribution in [-0.2, 0) is 4.79 Å². The highest BCUT2D eigenvalue weighted by molar-refractivity contribution is 5.99. The van der Waals surface area contributed by atoms with Crippen molar-refractivity contribution in [2.45, 2.75) is 12.5 Å². The van der Waals surface area contributed by atoms with Crippen LogP contribution in [0.2, 0.25) is 0 Å². The quantitative estimate of drug-likeness (QED) is 0.411. The Kier molecular flexibility index (Phi) is 2.56. The van der Waals surface area contributed by atoms with Gasteiger partial charge in [-0.25, -0.2) is 0 Å². The summed E-state index contributed by atoms with van der Waals surface area (Å²) >= 11 is 0. The number of anilines is 1. The van der Waals surface area contributed by atoms with Crippen LogP contribution in [0.3, 0.4) is 0 Å². The highest BCUT2D eigenvalue weighted by Crippen LogP contribution is 2.22. The summed E-state index contributed by atoms with van der Waals surface area (Å²) in [6.45, 7) is 0.618. The van der Waals surface area contributed by atoms with Crippen molar-refractivity contribution in [1.29, 1.82) is 0 Å². The molecule has 0 spiro atoms. The van der Waals surface area contributed by atoms with Crippen LogP contribution in [0.25, 0.3) is 10.4 Å². The van der Waals surface area contributed by atoms with Gasteiger partial charge in [0.05, 0.1) is 0 Å². The van der Waals surface area contributed by atoms with Crippen LogP contribution in [0.1, 0.15) is 6.42 Å². The number of carbonyl (C=O) groups excluding carboxylic acids is 1. The van der Waals surface area contributed by atoms with E-state index in [1.807, 2.05) is 30.3 Å². The van der Waals surface area contributed by atoms with Gasteiger partial charge in [0.1, 0.15) is 6.04 Å². The average Bonchev–Trinajstić information content (AvgIpc) is 2.63. The summed E-state index contributed by atoms with van der Waals surface area (Å²) in [5.74, 6) is -0.112. The number of nitrogens with zero attached hydrogens (tertiary/aromatic N) is 4. The smallest absolute Gasteiger partial charge is 0.236 e. The van der Waals surface area contributed by atoms with Gasteiger partial charge in [-0.05, 0) is 24.1 Å². The Morgan fingerprint density at radius 2 is 2.13 bits per heavy atom. The molecule has 1 aromatic rings. The molecule has 0 radical (unpaired) electrons. The van der Waals surface area contributed by atoms with Crippen molar-refractivity contribution in [3.8, 4) is 0 Å². The van der Waals surface area contributed by atoms with E-state index < -0.39 is 6.04 Å². The zero-order chi connectivity index (χ0) is 10.7. The normalized spacial score (nSPS) is 20.1. The predicted octanol–water partition coefficient (Wildman–Crippen LogP) is 2.10. The van der Waals surface area contributed by atoms with Gasteiger partial charge in [-0.2, -0.15) is 0 Å². The van der Waals surface area contributed by atoms with Crippen molar-refractivity contribution in [3.63, 3.8) is 0 Å². The molecular weight excluding hydrogens is 192 g/mol. The van der Waals surface area contributed by atoms with Crippen molar-refractivity contribution in [2.24, 2.45) is 5.11 Å². The van der Waals surface area contributed by atoms with Crippen LogP contribution in [0.5, 0.6) is 0 Å². The maximum atomic E-state index is 11.8. The molecule has 0 N–H and O–H groups in total. The average molecular weight is 202 g/mol. The van der Waals surface area contributed by atoms with Crippen molar-refractivity contribution in [1.82, 2.24) is 0 Å². The number of para-hydroxylation sites is 1. The molecule has 0 saturated carbocycles. The second-order valence-electron chi connectivity index (χ2n) is 3.33.